The second kappa shape index (κ2) is 8.18. The molecule has 0 radical (unpaired) electrons. The zero-order valence-corrected chi connectivity index (χ0v) is 18.5. The molecule has 0 unspecified atom stereocenters. The molecular weight excluding hydrogens is 402 g/mol. The van der Waals surface area contributed by atoms with Crippen molar-refractivity contribution in [2.24, 2.45) is 15.9 Å². The lowest BCUT2D eigenvalue weighted by Gasteiger charge is -2.35. The van der Waals surface area contributed by atoms with Gasteiger partial charge in [0.25, 0.3) is 0 Å². The van der Waals surface area contributed by atoms with Gasteiger partial charge in [0.2, 0.25) is 0 Å². The van der Waals surface area contributed by atoms with E-state index in [1.165, 1.54) is 6.20 Å². The first kappa shape index (κ1) is 20.4. The minimum atomic E-state index is -0.240. The number of rotatable bonds is 5. The molecule has 1 aliphatic carbocycles. The molecule has 2 bridgehead atoms. The Morgan fingerprint density at radius 1 is 1.28 bits per heavy atom. The molecule has 8 heteroatoms. The molecule has 1 atom stereocenters. The van der Waals surface area contributed by atoms with Crippen LogP contribution < -0.4 is 15.1 Å². The summed E-state index contributed by atoms with van der Waals surface area (Å²) in [4.78, 5) is 35.2. The standard InChI is InChI=1S/C24H27N7O/c1-15-12-18(8-10-26-15)20-6-7-21-23(28-20)31(19-9-11-30(21)14-19)24(32)29-22(13-25-3)27-16(2)17-4-5-17/h6-8,10,12-13,17,19H,3-5,9,11,14H2,1-2H3,(H,29,32)/b22-13+,27-16+/t19-/m0/s1. The normalized spacial score (nSPS) is 20.2. The fraction of sp³-hybridized carbons (Fsp3) is 0.375. The monoisotopic (exact) mass is 429 g/mol. The summed E-state index contributed by atoms with van der Waals surface area (Å²) in [7, 11) is 0. The summed E-state index contributed by atoms with van der Waals surface area (Å²) in [6.07, 6.45) is 6.48. The Hall–Kier alpha value is -3.55. The second-order valence-electron chi connectivity index (χ2n) is 8.64. The highest BCUT2D eigenvalue weighted by molar-refractivity contribution is 5.98. The number of carbonyl (C=O) groups excluding carboxylic acids is 1. The molecular formula is C24H27N7O. The van der Waals surface area contributed by atoms with E-state index in [0.29, 0.717) is 17.6 Å². The molecule has 2 fully saturated rings. The molecule has 164 valence electrons. The lowest BCUT2D eigenvalue weighted by atomic mass is 10.1. The molecule has 1 N–H and O–H groups in total. The van der Waals surface area contributed by atoms with Gasteiger partial charge in [0.1, 0.15) is 0 Å². The van der Waals surface area contributed by atoms with E-state index in [4.69, 9.17) is 4.98 Å². The number of urea groups is 1. The van der Waals surface area contributed by atoms with Gasteiger partial charge >= 0.3 is 6.03 Å². The molecule has 8 nitrogen and oxygen atoms in total. The SMILES string of the molecule is C=N/C=C(\N=C(/C)C1CC1)NC(=O)N1c2nc(-c3ccnc(C)c3)ccc2N2CC[C@H]1C2. The Labute approximate surface area is 187 Å². The van der Waals surface area contributed by atoms with Crippen LogP contribution in [0.1, 0.15) is 31.9 Å². The van der Waals surface area contributed by atoms with E-state index in [0.717, 1.165) is 60.7 Å². The average Bonchev–Trinajstić information content (AvgIpc) is 3.55. The Morgan fingerprint density at radius 2 is 2.12 bits per heavy atom. The summed E-state index contributed by atoms with van der Waals surface area (Å²) in [5.41, 5.74) is 4.72. The highest BCUT2D eigenvalue weighted by atomic mass is 16.2. The van der Waals surface area contributed by atoms with Gasteiger partial charge in [0, 0.05) is 36.3 Å². The van der Waals surface area contributed by atoms with E-state index in [9.17, 15) is 4.79 Å². The number of aromatic nitrogens is 2. The first-order chi connectivity index (χ1) is 15.5. The highest BCUT2D eigenvalue weighted by Crippen LogP contribution is 2.40. The molecule has 4 heterocycles. The van der Waals surface area contributed by atoms with E-state index < -0.39 is 0 Å². The Balaban J connectivity index is 1.48. The third-order valence-corrected chi connectivity index (χ3v) is 6.28. The largest absolute Gasteiger partial charge is 0.366 e. The predicted molar refractivity (Wildman–Crippen MR) is 127 cm³/mol. The smallest absolute Gasteiger partial charge is 0.329 e. The molecule has 0 aromatic carbocycles. The molecule has 32 heavy (non-hydrogen) atoms. The summed E-state index contributed by atoms with van der Waals surface area (Å²) >= 11 is 0. The van der Waals surface area contributed by atoms with Crippen LogP contribution in [0.3, 0.4) is 0 Å². The number of hydrogen-bond acceptors (Lipinski definition) is 6. The van der Waals surface area contributed by atoms with Gasteiger partial charge in [-0.1, -0.05) is 0 Å². The van der Waals surface area contributed by atoms with Crippen LogP contribution in [0.15, 0.2) is 52.5 Å². The molecule has 2 amide bonds. The van der Waals surface area contributed by atoms with E-state index in [-0.39, 0.29) is 12.1 Å². The van der Waals surface area contributed by atoms with E-state index in [1.54, 1.807) is 11.1 Å². The summed E-state index contributed by atoms with van der Waals surface area (Å²) in [5, 5.41) is 2.95. The van der Waals surface area contributed by atoms with E-state index in [2.05, 4.69) is 38.0 Å². The number of amides is 2. The zero-order chi connectivity index (χ0) is 22.2. The number of nitrogens with one attached hydrogen (secondary N) is 1. The number of pyridine rings is 2. The first-order valence-electron chi connectivity index (χ1n) is 11.0. The highest BCUT2D eigenvalue weighted by Gasteiger charge is 2.40. The fourth-order valence-electron chi connectivity index (χ4n) is 4.46. The van der Waals surface area contributed by atoms with Crippen molar-refractivity contribution < 1.29 is 4.79 Å². The third-order valence-electron chi connectivity index (χ3n) is 6.28. The Bertz CT molecular complexity index is 1130. The number of hydrogen-bond donors (Lipinski definition) is 1. The molecule has 2 aromatic rings. The Morgan fingerprint density at radius 3 is 2.88 bits per heavy atom. The molecule has 2 aromatic heterocycles. The topological polar surface area (TPSA) is 86.1 Å². The first-order valence-corrected chi connectivity index (χ1v) is 11.0. The van der Waals surface area contributed by atoms with Crippen molar-refractivity contribution in [3.8, 4) is 11.3 Å². The number of carbonyl (C=O) groups is 1. The predicted octanol–water partition coefficient (Wildman–Crippen LogP) is 3.93. The minimum absolute atomic E-state index is 0.0656. The van der Waals surface area contributed by atoms with Crippen molar-refractivity contribution in [2.45, 2.75) is 39.2 Å². The van der Waals surface area contributed by atoms with E-state index in [1.807, 2.05) is 32.0 Å². The van der Waals surface area contributed by atoms with Crippen LogP contribution >= 0.6 is 0 Å². The van der Waals surface area contributed by atoms with Crippen LogP contribution in [0, 0.1) is 12.8 Å². The number of anilines is 2. The van der Waals surface area contributed by atoms with Gasteiger partial charge in [-0.3, -0.25) is 20.2 Å². The Kier molecular flexibility index (Phi) is 5.20. The van der Waals surface area contributed by atoms with Crippen LogP contribution in [-0.2, 0) is 0 Å². The molecule has 0 spiro atoms. The lowest BCUT2D eigenvalue weighted by Crippen LogP contribution is -2.50. The number of aryl methyl sites for hydroxylation is 1. The maximum absolute atomic E-state index is 13.5. The van der Waals surface area contributed by atoms with Crippen LogP contribution in [0.5, 0.6) is 0 Å². The van der Waals surface area contributed by atoms with Crippen molar-refractivity contribution in [2.75, 3.05) is 22.9 Å². The van der Waals surface area contributed by atoms with Crippen molar-refractivity contribution in [3.05, 3.63) is 48.2 Å². The van der Waals surface area contributed by atoms with Gasteiger partial charge in [-0.05, 0) is 70.0 Å². The van der Waals surface area contributed by atoms with Gasteiger partial charge < -0.3 is 4.90 Å². The lowest BCUT2D eigenvalue weighted by molar-refractivity contribution is 0.246. The second-order valence-corrected chi connectivity index (χ2v) is 8.64. The van der Waals surface area contributed by atoms with Gasteiger partial charge in [0.05, 0.1) is 23.6 Å². The summed E-state index contributed by atoms with van der Waals surface area (Å²) in [6, 6.07) is 7.84. The van der Waals surface area contributed by atoms with Crippen molar-refractivity contribution in [3.63, 3.8) is 0 Å². The van der Waals surface area contributed by atoms with Gasteiger partial charge in [0.15, 0.2) is 11.6 Å². The van der Waals surface area contributed by atoms with Gasteiger partial charge in [-0.2, -0.15) is 0 Å². The van der Waals surface area contributed by atoms with Crippen LogP contribution in [0.4, 0.5) is 16.3 Å². The quantitative estimate of drug-likeness (QED) is 0.730. The van der Waals surface area contributed by atoms with Crippen LogP contribution in [0.2, 0.25) is 0 Å². The number of fused-ring (bicyclic) bond motifs is 4. The zero-order valence-electron chi connectivity index (χ0n) is 18.5. The molecule has 3 aliphatic rings. The maximum Gasteiger partial charge on any atom is 0.329 e. The van der Waals surface area contributed by atoms with Crippen molar-refractivity contribution >= 4 is 30.0 Å². The van der Waals surface area contributed by atoms with Crippen molar-refractivity contribution in [1.82, 2.24) is 15.3 Å². The van der Waals surface area contributed by atoms with E-state index >= 15 is 0 Å². The van der Waals surface area contributed by atoms with Gasteiger partial charge in [-0.25, -0.2) is 14.8 Å². The summed E-state index contributed by atoms with van der Waals surface area (Å²) < 4.78 is 0. The summed E-state index contributed by atoms with van der Waals surface area (Å²) in [5.74, 6) is 1.60. The molecule has 1 saturated heterocycles. The van der Waals surface area contributed by atoms with Crippen LogP contribution in [0.25, 0.3) is 11.3 Å². The maximum atomic E-state index is 13.5. The fourth-order valence-corrected chi connectivity index (χ4v) is 4.46. The molecule has 2 aliphatic heterocycles. The number of nitrogens with zero attached hydrogens (tertiary/aromatic N) is 6. The summed E-state index contributed by atoms with van der Waals surface area (Å²) in [6.45, 7) is 9.20. The van der Waals surface area contributed by atoms with Crippen LogP contribution in [-0.4, -0.2) is 47.6 Å². The number of aliphatic imine (C=N–C) groups is 2. The molecule has 5 rings (SSSR count). The van der Waals surface area contributed by atoms with Gasteiger partial charge in [-0.15, -0.1) is 0 Å². The average molecular weight is 430 g/mol. The molecule has 1 saturated carbocycles. The third kappa shape index (κ3) is 3.88. The van der Waals surface area contributed by atoms with Crippen molar-refractivity contribution in [1.29, 1.82) is 0 Å². The minimum Gasteiger partial charge on any atom is -0.366 e.